The second-order valence-electron chi connectivity index (χ2n) is 10.1. The van der Waals surface area contributed by atoms with Gasteiger partial charge in [0, 0.05) is 19.0 Å². The minimum absolute atomic E-state index is 0.00944. The van der Waals surface area contributed by atoms with Gasteiger partial charge in [0.05, 0.1) is 5.92 Å². The van der Waals surface area contributed by atoms with Gasteiger partial charge in [-0.25, -0.2) is 4.79 Å². The molecule has 2 aromatic rings. The van der Waals surface area contributed by atoms with Crippen LogP contribution in [0.4, 0.5) is 4.79 Å². The summed E-state index contributed by atoms with van der Waals surface area (Å²) in [6.45, 7) is 6.70. The number of carbonyl (C=O) groups excluding carboxylic acids is 2. The number of nitrogens with one attached hydrogen (secondary N) is 1. The Morgan fingerprint density at radius 1 is 1.06 bits per heavy atom. The topological polar surface area (TPSA) is 95.9 Å². The maximum atomic E-state index is 13.3. The van der Waals surface area contributed by atoms with Gasteiger partial charge in [-0.2, -0.15) is 0 Å². The third-order valence-corrected chi connectivity index (χ3v) is 7.23. The summed E-state index contributed by atoms with van der Waals surface area (Å²) in [4.78, 5) is 39.3. The van der Waals surface area contributed by atoms with E-state index in [0.29, 0.717) is 19.4 Å². The third kappa shape index (κ3) is 5.34. The molecule has 0 saturated carbocycles. The number of ether oxygens (including phenoxy) is 1. The summed E-state index contributed by atoms with van der Waals surface area (Å²) in [5, 5.41) is 12.3. The summed E-state index contributed by atoms with van der Waals surface area (Å²) in [5.41, 5.74) is 4.55. The molecule has 35 heavy (non-hydrogen) atoms. The lowest BCUT2D eigenvalue weighted by atomic mass is 9.86. The molecule has 7 heteroatoms. The van der Waals surface area contributed by atoms with Crippen molar-refractivity contribution in [3.63, 3.8) is 0 Å². The zero-order valence-corrected chi connectivity index (χ0v) is 20.6. The fourth-order valence-electron chi connectivity index (χ4n) is 5.29. The first kappa shape index (κ1) is 24.8. The van der Waals surface area contributed by atoms with E-state index < -0.39 is 24.0 Å². The number of carbonyl (C=O) groups is 3. The number of nitrogens with zero attached hydrogens (tertiary/aromatic N) is 1. The fraction of sp³-hybridized carbons (Fsp3) is 0.464. The Bertz CT molecular complexity index is 1050. The van der Waals surface area contributed by atoms with Crippen molar-refractivity contribution >= 4 is 18.0 Å². The molecule has 1 aliphatic heterocycles. The van der Waals surface area contributed by atoms with Gasteiger partial charge in [0.1, 0.15) is 12.6 Å². The summed E-state index contributed by atoms with van der Waals surface area (Å²) in [6.07, 6.45) is 0.445. The highest BCUT2D eigenvalue weighted by atomic mass is 16.5. The molecule has 2 amide bonds. The van der Waals surface area contributed by atoms with Gasteiger partial charge in [0.2, 0.25) is 5.91 Å². The molecule has 2 unspecified atom stereocenters. The van der Waals surface area contributed by atoms with Crippen LogP contribution < -0.4 is 5.32 Å². The van der Waals surface area contributed by atoms with Gasteiger partial charge >= 0.3 is 12.1 Å². The van der Waals surface area contributed by atoms with Crippen LogP contribution in [0.15, 0.2) is 48.5 Å². The summed E-state index contributed by atoms with van der Waals surface area (Å²) in [5.74, 6) is -1.62. The molecule has 2 aromatic carbocycles. The Morgan fingerprint density at radius 2 is 1.66 bits per heavy atom. The second kappa shape index (κ2) is 10.5. The van der Waals surface area contributed by atoms with Crippen LogP contribution in [0.25, 0.3) is 11.1 Å². The number of hydrogen-bond acceptors (Lipinski definition) is 4. The van der Waals surface area contributed by atoms with Gasteiger partial charge < -0.3 is 20.1 Å². The molecule has 186 valence electrons. The van der Waals surface area contributed by atoms with E-state index in [0.717, 1.165) is 22.3 Å². The van der Waals surface area contributed by atoms with Crippen molar-refractivity contribution < 1.29 is 24.2 Å². The van der Waals surface area contributed by atoms with Crippen LogP contribution in [-0.4, -0.2) is 53.7 Å². The molecule has 2 N–H and O–H groups in total. The molecule has 1 aliphatic carbocycles. The SMILES string of the molecule is CC(C)C[C@@H](NC(=O)OCC1c2ccccc2-c2ccccc21)C(=O)N1CCC(C)C(C(=O)O)C1. The zero-order valence-electron chi connectivity index (χ0n) is 20.6. The van der Waals surface area contributed by atoms with E-state index in [1.54, 1.807) is 4.90 Å². The third-order valence-electron chi connectivity index (χ3n) is 7.23. The van der Waals surface area contributed by atoms with Crippen LogP contribution in [0.3, 0.4) is 0 Å². The number of aliphatic carboxylic acids is 1. The Kier molecular flexibility index (Phi) is 7.43. The largest absolute Gasteiger partial charge is 0.481 e. The zero-order chi connectivity index (χ0) is 25.1. The van der Waals surface area contributed by atoms with Crippen LogP contribution in [0, 0.1) is 17.8 Å². The normalized spacial score (nSPS) is 20.2. The van der Waals surface area contributed by atoms with Crippen LogP contribution in [-0.2, 0) is 14.3 Å². The summed E-state index contributed by atoms with van der Waals surface area (Å²) in [7, 11) is 0. The molecule has 0 spiro atoms. The second-order valence-corrected chi connectivity index (χ2v) is 10.1. The molecule has 4 rings (SSSR count). The number of piperidine rings is 1. The van der Waals surface area contributed by atoms with E-state index in [2.05, 4.69) is 29.6 Å². The summed E-state index contributed by atoms with van der Waals surface area (Å²) in [6, 6.07) is 15.5. The molecular formula is C28H34N2O5. The first-order chi connectivity index (χ1) is 16.8. The van der Waals surface area contributed by atoms with Gasteiger partial charge in [0.25, 0.3) is 0 Å². The van der Waals surface area contributed by atoms with Crippen molar-refractivity contribution in [2.24, 2.45) is 17.8 Å². The quantitative estimate of drug-likeness (QED) is 0.611. The minimum atomic E-state index is -0.889. The Balaban J connectivity index is 1.42. The van der Waals surface area contributed by atoms with Crippen molar-refractivity contribution in [1.82, 2.24) is 10.2 Å². The number of carboxylic acids is 1. The van der Waals surface area contributed by atoms with Crippen LogP contribution in [0.2, 0.25) is 0 Å². The van der Waals surface area contributed by atoms with Gasteiger partial charge in [-0.15, -0.1) is 0 Å². The molecular weight excluding hydrogens is 444 g/mol. The van der Waals surface area contributed by atoms with Crippen LogP contribution >= 0.6 is 0 Å². The van der Waals surface area contributed by atoms with Gasteiger partial charge in [-0.1, -0.05) is 69.3 Å². The van der Waals surface area contributed by atoms with E-state index in [-0.39, 0.29) is 36.8 Å². The van der Waals surface area contributed by atoms with Crippen LogP contribution in [0.5, 0.6) is 0 Å². The first-order valence-corrected chi connectivity index (χ1v) is 12.4. The van der Waals surface area contributed by atoms with Crippen molar-refractivity contribution in [3.05, 3.63) is 59.7 Å². The Hall–Kier alpha value is -3.35. The number of amides is 2. The fourth-order valence-corrected chi connectivity index (χ4v) is 5.29. The van der Waals surface area contributed by atoms with Crippen LogP contribution in [0.1, 0.15) is 50.7 Å². The highest BCUT2D eigenvalue weighted by Gasteiger charge is 2.37. The van der Waals surface area contributed by atoms with Crippen molar-refractivity contribution in [3.8, 4) is 11.1 Å². The molecule has 0 radical (unpaired) electrons. The van der Waals surface area contributed by atoms with E-state index in [9.17, 15) is 19.5 Å². The molecule has 1 saturated heterocycles. The van der Waals surface area contributed by atoms with Gasteiger partial charge in [-0.3, -0.25) is 9.59 Å². The van der Waals surface area contributed by atoms with E-state index in [1.165, 1.54) is 0 Å². The predicted molar refractivity (Wildman–Crippen MR) is 133 cm³/mol. The van der Waals surface area contributed by atoms with Gasteiger partial charge in [0.15, 0.2) is 0 Å². The van der Waals surface area contributed by atoms with E-state index in [4.69, 9.17) is 4.74 Å². The standard InChI is InChI=1S/C28H34N2O5/c1-17(2)14-25(26(31)30-13-12-18(3)23(15-30)27(32)33)29-28(34)35-16-24-21-10-6-4-8-19(21)20-9-5-7-11-22(20)24/h4-11,17-18,23-25H,12-16H2,1-3H3,(H,29,34)(H,32,33)/t18?,23?,25-/m1/s1. The summed E-state index contributed by atoms with van der Waals surface area (Å²) >= 11 is 0. The Labute approximate surface area is 206 Å². The monoisotopic (exact) mass is 478 g/mol. The van der Waals surface area contributed by atoms with Crippen molar-refractivity contribution in [1.29, 1.82) is 0 Å². The number of carboxylic acid groups (broad SMARTS) is 1. The lowest BCUT2D eigenvalue weighted by Gasteiger charge is -2.37. The Morgan fingerprint density at radius 3 is 2.23 bits per heavy atom. The molecule has 0 bridgehead atoms. The van der Waals surface area contributed by atoms with Crippen molar-refractivity contribution in [2.75, 3.05) is 19.7 Å². The van der Waals surface area contributed by atoms with E-state index >= 15 is 0 Å². The molecule has 1 heterocycles. The maximum absolute atomic E-state index is 13.3. The number of benzene rings is 2. The summed E-state index contributed by atoms with van der Waals surface area (Å²) < 4.78 is 5.65. The number of rotatable bonds is 7. The average molecular weight is 479 g/mol. The molecule has 2 aliphatic rings. The number of hydrogen-bond donors (Lipinski definition) is 2. The number of alkyl carbamates (subject to hydrolysis) is 1. The maximum Gasteiger partial charge on any atom is 0.407 e. The smallest absolute Gasteiger partial charge is 0.407 e. The highest BCUT2D eigenvalue weighted by molar-refractivity contribution is 5.86. The highest BCUT2D eigenvalue weighted by Crippen LogP contribution is 2.44. The van der Waals surface area contributed by atoms with E-state index in [1.807, 2.05) is 45.0 Å². The lowest BCUT2D eigenvalue weighted by Crippen LogP contribution is -2.54. The minimum Gasteiger partial charge on any atom is -0.481 e. The predicted octanol–water partition coefficient (Wildman–Crippen LogP) is 4.51. The average Bonchev–Trinajstić information content (AvgIpc) is 3.15. The first-order valence-electron chi connectivity index (χ1n) is 12.4. The van der Waals surface area contributed by atoms with Crippen molar-refractivity contribution in [2.45, 2.75) is 45.6 Å². The number of fused-ring (bicyclic) bond motifs is 3. The molecule has 1 fully saturated rings. The molecule has 7 nitrogen and oxygen atoms in total. The molecule has 3 atom stereocenters. The van der Waals surface area contributed by atoms with Gasteiger partial charge in [-0.05, 0) is 46.9 Å². The number of likely N-dealkylation sites (tertiary alicyclic amines) is 1. The molecule has 0 aromatic heterocycles. The lowest BCUT2D eigenvalue weighted by molar-refractivity contribution is -0.148.